The lowest BCUT2D eigenvalue weighted by atomic mass is 10.1. The molecule has 0 bridgehead atoms. The van der Waals surface area contributed by atoms with Crippen molar-refractivity contribution < 1.29 is 9.53 Å². The molecular weight excluding hydrogens is 296 g/mol. The average Bonchev–Trinajstić information content (AvgIpc) is 3.07. The van der Waals surface area contributed by atoms with Crippen molar-refractivity contribution in [2.45, 2.75) is 64.6 Å². The van der Waals surface area contributed by atoms with E-state index in [4.69, 9.17) is 4.74 Å². The molecule has 0 radical (unpaired) electrons. The zero-order valence-electron chi connectivity index (χ0n) is 14.1. The van der Waals surface area contributed by atoms with Crippen LogP contribution in [0.15, 0.2) is 17.5 Å². The van der Waals surface area contributed by atoms with Gasteiger partial charge in [-0.3, -0.25) is 0 Å². The fourth-order valence-electron chi connectivity index (χ4n) is 2.76. The van der Waals surface area contributed by atoms with Gasteiger partial charge in [0.25, 0.3) is 0 Å². The summed E-state index contributed by atoms with van der Waals surface area (Å²) in [6.45, 7) is 9.45. The van der Waals surface area contributed by atoms with Gasteiger partial charge in [0.1, 0.15) is 5.60 Å². The highest BCUT2D eigenvalue weighted by molar-refractivity contribution is 7.10. The van der Waals surface area contributed by atoms with Crippen LogP contribution in [-0.2, 0) is 4.74 Å². The zero-order chi connectivity index (χ0) is 16.2. The summed E-state index contributed by atoms with van der Waals surface area (Å²) < 4.78 is 5.46. The standard InChI is InChI=1S/C17H28N2O2S/c1-5-7-14(15-8-6-11-22-15)18-13-9-10-19(12-13)16(20)21-17(2,3)4/h6,8,11,13-14,18H,5,7,9-10,12H2,1-4H3. The molecule has 1 amide bonds. The number of nitrogens with zero attached hydrogens (tertiary/aromatic N) is 1. The molecule has 0 aromatic carbocycles. The minimum atomic E-state index is -0.426. The molecule has 1 aliphatic heterocycles. The van der Waals surface area contributed by atoms with Gasteiger partial charge in [-0.05, 0) is 45.1 Å². The largest absolute Gasteiger partial charge is 0.444 e. The zero-order valence-corrected chi connectivity index (χ0v) is 14.9. The van der Waals surface area contributed by atoms with Crippen LogP contribution in [0.4, 0.5) is 4.79 Å². The molecule has 1 aliphatic rings. The minimum absolute atomic E-state index is 0.194. The number of thiophene rings is 1. The fraction of sp³-hybridized carbons (Fsp3) is 0.706. The van der Waals surface area contributed by atoms with Gasteiger partial charge >= 0.3 is 6.09 Å². The summed E-state index contributed by atoms with van der Waals surface area (Å²) >= 11 is 1.80. The Balaban J connectivity index is 1.88. The molecule has 2 unspecified atom stereocenters. The van der Waals surface area contributed by atoms with Crippen molar-refractivity contribution >= 4 is 17.4 Å². The number of hydrogen-bond acceptors (Lipinski definition) is 4. The second kappa shape index (κ2) is 7.47. The lowest BCUT2D eigenvalue weighted by molar-refractivity contribution is 0.0290. The number of hydrogen-bond donors (Lipinski definition) is 1. The van der Waals surface area contributed by atoms with Crippen LogP contribution in [0.5, 0.6) is 0 Å². The molecule has 0 saturated carbocycles. The summed E-state index contributed by atoms with van der Waals surface area (Å²) in [5.41, 5.74) is -0.426. The first-order valence-electron chi connectivity index (χ1n) is 8.16. The summed E-state index contributed by atoms with van der Waals surface area (Å²) in [6.07, 6.45) is 3.08. The highest BCUT2D eigenvalue weighted by atomic mass is 32.1. The molecule has 1 aromatic rings. The predicted molar refractivity (Wildman–Crippen MR) is 91.3 cm³/mol. The normalized spacial score (nSPS) is 20.2. The van der Waals surface area contributed by atoms with Gasteiger partial charge in [0.2, 0.25) is 0 Å². The van der Waals surface area contributed by atoms with E-state index in [-0.39, 0.29) is 6.09 Å². The Labute approximate surface area is 137 Å². The molecule has 0 aliphatic carbocycles. The van der Waals surface area contributed by atoms with Gasteiger partial charge in [0.15, 0.2) is 0 Å². The Morgan fingerprint density at radius 3 is 2.91 bits per heavy atom. The average molecular weight is 324 g/mol. The van der Waals surface area contributed by atoms with Gasteiger partial charge in [-0.25, -0.2) is 4.79 Å². The van der Waals surface area contributed by atoms with E-state index >= 15 is 0 Å². The molecule has 124 valence electrons. The third-order valence-corrected chi connectivity index (χ3v) is 4.73. The number of carbonyl (C=O) groups excluding carboxylic acids is 1. The summed E-state index contributed by atoms with van der Waals surface area (Å²) in [6, 6.07) is 5.05. The van der Waals surface area contributed by atoms with Crippen LogP contribution in [-0.4, -0.2) is 35.7 Å². The number of carbonyl (C=O) groups is 1. The lowest BCUT2D eigenvalue weighted by Gasteiger charge is -2.25. The molecule has 1 aromatic heterocycles. The van der Waals surface area contributed by atoms with Crippen molar-refractivity contribution in [2.75, 3.05) is 13.1 Å². The number of ether oxygens (including phenoxy) is 1. The van der Waals surface area contributed by atoms with E-state index in [9.17, 15) is 4.79 Å². The Bertz CT molecular complexity index is 468. The molecule has 1 saturated heterocycles. The first-order chi connectivity index (χ1) is 10.4. The molecule has 2 atom stereocenters. The first kappa shape index (κ1) is 17.3. The van der Waals surface area contributed by atoms with Gasteiger partial charge in [-0.1, -0.05) is 19.4 Å². The third kappa shape index (κ3) is 4.99. The number of rotatable bonds is 5. The molecule has 5 heteroatoms. The van der Waals surface area contributed by atoms with E-state index in [0.717, 1.165) is 32.4 Å². The highest BCUT2D eigenvalue weighted by Gasteiger charge is 2.31. The van der Waals surface area contributed by atoms with E-state index in [1.54, 1.807) is 11.3 Å². The molecule has 2 heterocycles. The Morgan fingerprint density at radius 2 is 2.32 bits per heavy atom. The minimum Gasteiger partial charge on any atom is -0.444 e. The monoisotopic (exact) mass is 324 g/mol. The van der Waals surface area contributed by atoms with E-state index in [0.29, 0.717) is 12.1 Å². The van der Waals surface area contributed by atoms with Gasteiger partial charge in [-0.15, -0.1) is 11.3 Å². The second-order valence-electron chi connectivity index (χ2n) is 6.94. The van der Waals surface area contributed by atoms with E-state index in [1.165, 1.54) is 4.88 Å². The van der Waals surface area contributed by atoms with Crippen LogP contribution >= 0.6 is 11.3 Å². The summed E-state index contributed by atoms with van der Waals surface area (Å²) in [4.78, 5) is 15.3. The molecule has 1 fully saturated rings. The van der Waals surface area contributed by atoms with Crippen molar-refractivity contribution in [1.29, 1.82) is 0 Å². The number of likely N-dealkylation sites (tertiary alicyclic amines) is 1. The maximum atomic E-state index is 12.1. The van der Waals surface area contributed by atoms with Crippen molar-refractivity contribution in [3.05, 3.63) is 22.4 Å². The first-order valence-corrected chi connectivity index (χ1v) is 9.04. The Kier molecular flexibility index (Phi) is 5.87. The lowest BCUT2D eigenvalue weighted by Crippen LogP contribution is -2.39. The van der Waals surface area contributed by atoms with Gasteiger partial charge in [0, 0.05) is 30.1 Å². The number of amides is 1. The van der Waals surface area contributed by atoms with Crippen LogP contribution in [0.2, 0.25) is 0 Å². The molecule has 1 N–H and O–H groups in total. The summed E-state index contributed by atoms with van der Waals surface area (Å²) in [5.74, 6) is 0. The molecule has 2 rings (SSSR count). The Hall–Kier alpha value is -1.07. The molecule has 4 nitrogen and oxygen atoms in total. The topological polar surface area (TPSA) is 41.6 Å². The molecular formula is C17H28N2O2S. The second-order valence-corrected chi connectivity index (χ2v) is 7.91. The third-order valence-electron chi connectivity index (χ3n) is 3.74. The van der Waals surface area contributed by atoms with Gasteiger partial charge < -0.3 is 15.0 Å². The molecule has 0 spiro atoms. The smallest absolute Gasteiger partial charge is 0.410 e. The van der Waals surface area contributed by atoms with Crippen molar-refractivity contribution in [1.82, 2.24) is 10.2 Å². The van der Waals surface area contributed by atoms with E-state index in [2.05, 4.69) is 29.8 Å². The Morgan fingerprint density at radius 1 is 1.55 bits per heavy atom. The van der Waals surface area contributed by atoms with Crippen molar-refractivity contribution in [3.63, 3.8) is 0 Å². The fourth-order valence-corrected chi connectivity index (χ4v) is 3.58. The summed E-state index contributed by atoms with van der Waals surface area (Å²) in [5, 5.41) is 5.85. The van der Waals surface area contributed by atoms with Gasteiger partial charge in [0.05, 0.1) is 0 Å². The van der Waals surface area contributed by atoms with E-state index < -0.39 is 5.60 Å². The quantitative estimate of drug-likeness (QED) is 0.883. The maximum Gasteiger partial charge on any atom is 0.410 e. The summed E-state index contributed by atoms with van der Waals surface area (Å²) in [7, 11) is 0. The van der Waals surface area contributed by atoms with Crippen LogP contribution in [0.1, 0.15) is 57.9 Å². The number of nitrogens with one attached hydrogen (secondary N) is 1. The van der Waals surface area contributed by atoms with Crippen LogP contribution in [0.3, 0.4) is 0 Å². The van der Waals surface area contributed by atoms with Crippen LogP contribution < -0.4 is 5.32 Å². The highest BCUT2D eigenvalue weighted by Crippen LogP contribution is 2.25. The van der Waals surface area contributed by atoms with Crippen LogP contribution in [0, 0.1) is 0 Å². The molecule has 22 heavy (non-hydrogen) atoms. The van der Waals surface area contributed by atoms with Crippen LogP contribution in [0.25, 0.3) is 0 Å². The SMILES string of the molecule is CCCC(NC1CCN(C(=O)OC(C)(C)C)C1)c1cccs1. The predicted octanol–water partition coefficient (Wildman–Crippen LogP) is 4.19. The van der Waals surface area contributed by atoms with E-state index in [1.807, 2.05) is 25.7 Å². The van der Waals surface area contributed by atoms with Crippen molar-refractivity contribution in [3.8, 4) is 0 Å². The maximum absolute atomic E-state index is 12.1. The van der Waals surface area contributed by atoms with Gasteiger partial charge in [-0.2, -0.15) is 0 Å². The van der Waals surface area contributed by atoms with Crippen molar-refractivity contribution in [2.24, 2.45) is 0 Å².